The number of quaternary nitrogens is 1. The molecule has 3 nitrogen and oxygen atoms in total. The second kappa shape index (κ2) is 7.33. The fourth-order valence-corrected chi connectivity index (χ4v) is 2.00. The van der Waals surface area contributed by atoms with Crippen molar-refractivity contribution in [1.82, 2.24) is 0 Å². The van der Waals surface area contributed by atoms with Gasteiger partial charge in [0, 0.05) is 0 Å². The van der Waals surface area contributed by atoms with Gasteiger partial charge < -0.3 is 9.64 Å². The molecule has 1 rings (SSSR count). The van der Waals surface area contributed by atoms with Gasteiger partial charge in [-0.15, -0.1) is 0 Å². The van der Waals surface area contributed by atoms with Crippen molar-refractivity contribution >= 4 is 0 Å². The summed E-state index contributed by atoms with van der Waals surface area (Å²) in [5.74, 6) is 6.39. The Hall–Kier alpha value is -1.03. The molecular weight excluding hydrogens is 212 g/mol. The maximum absolute atomic E-state index is 8.44. The lowest BCUT2D eigenvalue weighted by Crippen LogP contribution is -3.12. The number of hydrogen-bond acceptors (Lipinski definition) is 2. The molecule has 3 heteroatoms. The van der Waals surface area contributed by atoms with Gasteiger partial charge in [0.1, 0.15) is 12.1 Å². The quantitative estimate of drug-likeness (QED) is 0.577. The zero-order chi connectivity index (χ0) is 12.6. The average molecular weight is 235 g/mol. The number of nitrogens with zero attached hydrogens (tertiary/aromatic N) is 1. The van der Waals surface area contributed by atoms with E-state index in [1.807, 2.05) is 13.8 Å². The number of piperidine rings is 1. The highest BCUT2D eigenvalue weighted by atomic mass is 16.5. The monoisotopic (exact) mass is 235 g/mol. The molecule has 0 aromatic heterocycles. The van der Waals surface area contributed by atoms with Crippen LogP contribution in [0.5, 0.6) is 0 Å². The minimum Gasteiger partial charge on any atom is -0.362 e. The van der Waals surface area contributed by atoms with Gasteiger partial charge in [0.15, 0.2) is 0 Å². The third-order valence-corrected chi connectivity index (χ3v) is 2.97. The lowest BCUT2D eigenvalue weighted by Gasteiger charge is -2.21. The first-order chi connectivity index (χ1) is 8.14. The molecule has 1 N–H and O–H groups in total. The Bertz CT molecular complexity index is 313. The highest BCUT2D eigenvalue weighted by Gasteiger charge is 2.15. The average Bonchev–Trinajstić information content (AvgIpc) is 2.30. The van der Waals surface area contributed by atoms with Crippen LogP contribution in [0.2, 0.25) is 0 Å². The SMILES string of the molecule is CC(C)(C#CC[NH+]1CCCCC1)OCCC#N. The van der Waals surface area contributed by atoms with Crippen molar-refractivity contribution < 1.29 is 9.64 Å². The van der Waals surface area contributed by atoms with Crippen LogP contribution in [0.25, 0.3) is 0 Å². The Kier molecular flexibility index (Phi) is 6.05. The van der Waals surface area contributed by atoms with E-state index < -0.39 is 5.60 Å². The summed E-state index contributed by atoms with van der Waals surface area (Å²) in [6.45, 7) is 7.82. The molecule has 0 bridgehead atoms. The summed E-state index contributed by atoms with van der Waals surface area (Å²) < 4.78 is 5.55. The van der Waals surface area contributed by atoms with Crippen LogP contribution >= 0.6 is 0 Å². The molecule has 0 amide bonds. The van der Waals surface area contributed by atoms with Crippen LogP contribution in [0.1, 0.15) is 39.5 Å². The van der Waals surface area contributed by atoms with Crippen LogP contribution in [-0.4, -0.2) is 31.8 Å². The second-order valence-corrected chi connectivity index (χ2v) is 5.06. The molecule has 0 aromatic rings. The van der Waals surface area contributed by atoms with E-state index in [1.54, 1.807) is 4.90 Å². The summed E-state index contributed by atoms with van der Waals surface area (Å²) in [6.07, 6.45) is 4.47. The topological polar surface area (TPSA) is 37.5 Å². The second-order valence-electron chi connectivity index (χ2n) is 5.06. The minimum absolute atomic E-state index is 0.425. The van der Waals surface area contributed by atoms with Crippen molar-refractivity contribution in [1.29, 1.82) is 5.26 Å². The van der Waals surface area contributed by atoms with Gasteiger partial charge in [-0.25, -0.2) is 0 Å². The summed E-state index contributed by atoms with van der Waals surface area (Å²) in [7, 11) is 0. The van der Waals surface area contributed by atoms with Crippen molar-refractivity contribution in [3.05, 3.63) is 0 Å². The lowest BCUT2D eigenvalue weighted by atomic mass is 10.1. The Labute approximate surface area is 105 Å². The van der Waals surface area contributed by atoms with E-state index >= 15 is 0 Å². The number of likely N-dealkylation sites (tertiary alicyclic amines) is 1. The molecular formula is C14H23N2O+. The van der Waals surface area contributed by atoms with Crippen molar-refractivity contribution in [2.24, 2.45) is 0 Å². The zero-order valence-electron chi connectivity index (χ0n) is 11.0. The number of nitrogens with one attached hydrogen (secondary N) is 1. The van der Waals surface area contributed by atoms with Gasteiger partial charge >= 0.3 is 0 Å². The predicted molar refractivity (Wildman–Crippen MR) is 67.5 cm³/mol. The van der Waals surface area contributed by atoms with Crippen LogP contribution in [0.4, 0.5) is 0 Å². The largest absolute Gasteiger partial charge is 0.362 e. The highest BCUT2D eigenvalue weighted by Crippen LogP contribution is 2.07. The molecule has 0 radical (unpaired) electrons. The molecule has 0 unspecified atom stereocenters. The molecule has 17 heavy (non-hydrogen) atoms. The number of rotatable bonds is 4. The molecule has 0 atom stereocenters. The van der Waals surface area contributed by atoms with Gasteiger partial charge in [-0.2, -0.15) is 5.26 Å². The molecule has 0 saturated carbocycles. The van der Waals surface area contributed by atoms with Gasteiger partial charge in [0.05, 0.1) is 32.2 Å². The van der Waals surface area contributed by atoms with Gasteiger partial charge in [0.2, 0.25) is 0 Å². The van der Waals surface area contributed by atoms with Gasteiger partial charge in [-0.05, 0) is 39.0 Å². The molecule has 1 fully saturated rings. The standard InChI is InChI=1S/C14H22N2O/c1-14(2,17-13-7-9-15)8-6-12-16-10-4-3-5-11-16/h3-5,7,10-13H2,1-2H3/p+1. The molecule has 94 valence electrons. The first kappa shape index (κ1) is 14.0. The number of ether oxygens (including phenoxy) is 1. The van der Waals surface area contributed by atoms with Crippen LogP contribution in [0, 0.1) is 23.2 Å². The van der Waals surface area contributed by atoms with Crippen LogP contribution < -0.4 is 4.90 Å². The van der Waals surface area contributed by atoms with Gasteiger partial charge in [0.25, 0.3) is 0 Å². The molecule has 1 aliphatic heterocycles. The Morgan fingerprint density at radius 3 is 2.59 bits per heavy atom. The third kappa shape index (κ3) is 6.31. The first-order valence-corrected chi connectivity index (χ1v) is 6.48. The normalized spacial score (nSPS) is 17.0. The fourth-order valence-electron chi connectivity index (χ4n) is 2.00. The third-order valence-electron chi connectivity index (χ3n) is 2.97. The number of hydrogen-bond donors (Lipinski definition) is 1. The van der Waals surface area contributed by atoms with Crippen molar-refractivity contribution in [3.8, 4) is 17.9 Å². The van der Waals surface area contributed by atoms with Crippen molar-refractivity contribution in [2.75, 3.05) is 26.2 Å². The van der Waals surface area contributed by atoms with Crippen molar-refractivity contribution in [2.45, 2.75) is 45.1 Å². The maximum Gasteiger partial charge on any atom is 0.139 e. The fraction of sp³-hybridized carbons (Fsp3) is 0.786. The van der Waals surface area contributed by atoms with Crippen molar-refractivity contribution in [3.63, 3.8) is 0 Å². The van der Waals surface area contributed by atoms with E-state index in [-0.39, 0.29) is 0 Å². The molecule has 1 heterocycles. The molecule has 1 aliphatic rings. The Morgan fingerprint density at radius 1 is 1.24 bits per heavy atom. The van der Waals surface area contributed by atoms with Crippen LogP contribution in [0.15, 0.2) is 0 Å². The highest BCUT2D eigenvalue weighted by molar-refractivity contribution is 5.11. The van der Waals surface area contributed by atoms with E-state index in [1.165, 1.54) is 32.4 Å². The summed E-state index contributed by atoms with van der Waals surface area (Å²) in [6, 6.07) is 2.07. The summed E-state index contributed by atoms with van der Waals surface area (Å²) >= 11 is 0. The Morgan fingerprint density at radius 2 is 1.94 bits per heavy atom. The van der Waals surface area contributed by atoms with E-state index in [0.29, 0.717) is 13.0 Å². The summed E-state index contributed by atoms with van der Waals surface area (Å²) in [5, 5.41) is 8.44. The van der Waals surface area contributed by atoms with E-state index in [2.05, 4.69) is 17.9 Å². The summed E-state index contributed by atoms with van der Waals surface area (Å²) in [4.78, 5) is 1.59. The van der Waals surface area contributed by atoms with E-state index in [0.717, 1.165) is 6.54 Å². The summed E-state index contributed by atoms with van der Waals surface area (Å²) in [5.41, 5.74) is -0.425. The lowest BCUT2D eigenvalue weighted by molar-refractivity contribution is -0.897. The molecule has 0 aliphatic carbocycles. The molecule has 0 aromatic carbocycles. The minimum atomic E-state index is -0.425. The van der Waals surface area contributed by atoms with Crippen LogP contribution in [0.3, 0.4) is 0 Å². The van der Waals surface area contributed by atoms with Gasteiger partial charge in [-0.3, -0.25) is 0 Å². The molecule has 0 spiro atoms. The number of nitriles is 1. The first-order valence-electron chi connectivity index (χ1n) is 6.48. The Balaban J connectivity index is 2.28. The molecule has 1 saturated heterocycles. The van der Waals surface area contributed by atoms with Crippen LogP contribution in [-0.2, 0) is 4.74 Å². The maximum atomic E-state index is 8.44. The van der Waals surface area contributed by atoms with E-state index in [9.17, 15) is 0 Å². The van der Waals surface area contributed by atoms with E-state index in [4.69, 9.17) is 10.00 Å². The van der Waals surface area contributed by atoms with Gasteiger partial charge in [-0.1, -0.05) is 5.92 Å². The smallest absolute Gasteiger partial charge is 0.139 e. The zero-order valence-corrected chi connectivity index (χ0v) is 11.0. The predicted octanol–water partition coefficient (Wildman–Crippen LogP) is 0.767.